The molecule has 120 valence electrons. The molecule has 1 aromatic carbocycles. The van der Waals surface area contributed by atoms with Gasteiger partial charge in [-0.1, -0.05) is 52.0 Å². The van der Waals surface area contributed by atoms with Crippen LogP contribution in [-0.2, 0) is 11.8 Å². The van der Waals surface area contributed by atoms with Crippen LogP contribution in [-0.4, -0.2) is 15.7 Å². The van der Waals surface area contributed by atoms with Crippen molar-refractivity contribution in [2.45, 2.75) is 46.5 Å². The van der Waals surface area contributed by atoms with Gasteiger partial charge in [0, 0.05) is 10.3 Å². The molecule has 2 aromatic heterocycles. The van der Waals surface area contributed by atoms with Crippen molar-refractivity contribution in [3.05, 3.63) is 46.1 Å². The number of imidazole rings is 1. The van der Waals surface area contributed by atoms with Crippen LogP contribution in [0.5, 0.6) is 0 Å². The molecular weight excluding hydrogens is 304 g/mol. The van der Waals surface area contributed by atoms with Crippen molar-refractivity contribution in [1.29, 1.82) is 0 Å². The molecule has 2 heterocycles. The summed E-state index contributed by atoms with van der Waals surface area (Å²) in [7, 11) is 0. The Bertz CT molecular complexity index is 864. The van der Waals surface area contributed by atoms with E-state index < -0.39 is 0 Å². The Balaban J connectivity index is 2.29. The van der Waals surface area contributed by atoms with Gasteiger partial charge >= 0.3 is 0 Å². The zero-order valence-corrected chi connectivity index (χ0v) is 15.1. The van der Waals surface area contributed by atoms with Crippen LogP contribution in [0.15, 0.2) is 24.3 Å². The van der Waals surface area contributed by atoms with E-state index in [0.717, 1.165) is 34.6 Å². The maximum absolute atomic E-state index is 11.8. The molecule has 0 bridgehead atoms. The fourth-order valence-corrected chi connectivity index (χ4v) is 3.93. The van der Waals surface area contributed by atoms with Gasteiger partial charge in [0.05, 0.1) is 11.4 Å². The molecule has 0 saturated heterocycles. The lowest BCUT2D eigenvalue weighted by Gasteiger charge is -2.16. The first-order valence-electron chi connectivity index (χ1n) is 7.93. The molecule has 0 unspecified atom stereocenters. The highest BCUT2D eigenvalue weighted by Gasteiger charge is 2.26. The predicted octanol–water partition coefficient (Wildman–Crippen LogP) is 5.04. The molecule has 0 atom stereocenters. The van der Waals surface area contributed by atoms with Gasteiger partial charge in [0.2, 0.25) is 0 Å². The van der Waals surface area contributed by atoms with Crippen LogP contribution >= 0.6 is 11.3 Å². The third kappa shape index (κ3) is 2.61. The molecule has 0 spiro atoms. The number of benzene rings is 1. The van der Waals surface area contributed by atoms with E-state index >= 15 is 0 Å². The molecule has 4 heteroatoms. The number of aldehydes is 1. The summed E-state index contributed by atoms with van der Waals surface area (Å²) < 4.78 is 2.02. The summed E-state index contributed by atoms with van der Waals surface area (Å²) >= 11 is 1.64. The van der Waals surface area contributed by atoms with Crippen molar-refractivity contribution in [3.63, 3.8) is 0 Å². The fourth-order valence-electron chi connectivity index (χ4n) is 2.93. The maximum Gasteiger partial charge on any atom is 0.195 e. The molecule has 0 fully saturated rings. The molecule has 0 amide bonds. The maximum atomic E-state index is 11.8. The van der Waals surface area contributed by atoms with E-state index in [4.69, 9.17) is 4.98 Å². The van der Waals surface area contributed by atoms with Gasteiger partial charge in [0.1, 0.15) is 5.69 Å². The van der Waals surface area contributed by atoms with E-state index in [9.17, 15) is 4.79 Å². The van der Waals surface area contributed by atoms with Crippen LogP contribution in [0, 0.1) is 6.92 Å². The summed E-state index contributed by atoms with van der Waals surface area (Å²) in [5, 5.41) is 0. The van der Waals surface area contributed by atoms with E-state index in [1.165, 1.54) is 10.4 Å². The van der Waals surface area contributed by atoms with E-state index in [2.05, 4.69) is 58.9 Å². The zero-order valence-electron chi connectivity index (χ0n) is 14.3. The van der Waals surface area contributed by atoms with Gasteiger partial charge in [0.25, 0.3) is 0 Å². The standard InChI is InChI=1S/C19H22N2OS/c1-6-13-7-9-14(10-8-13)16-12(2)23-18-20-17(19(3,4)5)15(11-22)21(16)18/h7-11H,6H2,1-5H3. The lowest BCUT2D eigenvalue weighted by molar-refractivity contribution is 0.111. The first-order chi connectivity index (χ1) is 10.9. The van der Waals surface area contributed by atoms with Crippen molar-refractivity contribution in [2.24, 2.45) is 0 Å². The Labute approximate surface area is 141 Å². The SMILES string of the molecule is CCc1ccc(-c2c(C)sc3nc(C(C)(C)C)c(C=O)n23)cc1. The third-order valence-corrected chi connectivity index (χ3v) is 5.10. The largest absolute Gasteiger partial charge is 0.296 e. The summed E-state index contributed by atoms with van der Waals surface area (Å²) in [5.41, 5.74) is 4.91. The fraction of sp³-hybridized carbons (Fsp3) is 0.368. The molecule has 0 aliphatic carbocycles. The minimum Gasteiger partial charge on any atom is -0.296 e. The summed E-state index contributed by atoms with van der Waals surface area (Å²) in [4.78, 5) is 18.6. The van der Waals surface area contributed by atoms with Crippen molar-refractivity contribution in [3.8, 4) is 11.3 Å². The van der Waals surface area contributed by atoms with Crippen molar-refractivity contribution in [1.82, 2.24) is 9.38 Å². The Morgan fingerprint density at radius 1 is 1.22 bits per heavy atom. The van der Waals surface area contributed by atoms with E-state index in [-0.39, 0.29) is 5.41 Å². The van der Waals surface area contributed by atoms with Crippen LogP contribution in [0.25, 0.3) is 16.2 Å². The van der Waals surface area contributed by atoms with Gasteiger partial charge in [-0.25, -0.2) is 4.98 Å². The second kappa shape index (κ2) is 5.60. The lowest BCUT2D eigenvalue weighted by Crippen LogP contribution is -2.15. The molecule has 0 radical (unpaired) electrons. The number of nitrogens with zero attached hydrogens (tertiary/aromatic N) is 2. The quantitative estimate of drug-likeness (QED) is 0.632. The molecule has 23 heavy (non-hydrogen) atoms. The third-order valence-electron chi connectivity index (χ3n) is 4.14. The second-order valence-electron chi connectivity index (χ2n) is 6.89. The van der Waals surface area contributed by atoms with Gasteiger partial charge in [-0.2, -0.15) is 0 Å². The summed E-state index contributed by atoms with van der Waals surface area (Å²) in [6.07, 6.45) is 1.97. The molecule has 0 aliphatic heterocycles. The number of thiazole rings is 1. The number of rotatable bonds is 3. The number of hydrogen-bond donors (Lipinski definition) is 0. The number of fused-ring (bicyclic) bond motifs is 1. The molecule has 0 saturated carbocycles. The molecule has 0 aliphatic rings. The predicted molar refractivity (Wildman–Crippen MR) is 96.7 cm³/mol. The van der Waals surface area contributed by atoms with E-state index in [1.54, 1.807) is 11.3 Å². The Kier molecular flexibility index (Phi) is 3.88. The van der Waals surface area contributed by atoms with E-state index in [1.807, 2.05) is 4.40 Å². The monoisotopic (exact) mass is 326 g/mol. The van der Waals surface area contributed by atoms with Crippen molar-refractivity contribution < 1.29 is 4.79 Å². The highest BCUT2D eigenvalue weighted by atomic mass is 32.1. The second-order valence-corrected chi connectivity index (χ2v) is 8.07. The van der Waals surface area contributed by atoms with E-state index in [0.29, 0.717) is 5.69 Å². The Hall–Kier alpha value is -1.94. The number of hydrogen-bond acceptors (Lipinski definition) is 3. The van der Waals surface area contributed by atoms with Gasteiger partial charge < -0.3 is 0 Å². The number of aryl methyl sites for hydroxylation is 2. The smallest absolute Gasteiger partial charge is 0.195 e. The highest BCUT2D eigenvalue weighted by Crippen LogP contribution is 2.35. The van der Waals surface area contributed by atoms with Gasteiger partial charge in [-0.3, -0.25) is 9.20 Å². The minimum atomic E-state index is -0.154. The van der Waals surface area contributed by atoms with Gasteiger partial charge in [0.15, 0.2) is 11.2 Å². The Morgan fingerprint density at radius 3 is 2.39 bits per heavy atom. The van der Waals surface area contributed by atoms with Crippen LogP contribution in [0.3, 0.4) is 0 Å². The molecule has 0 N–H and O–H groups in total. The lowest BCUT2D eigenvalue weighted by atomic mass is 9.91. The topological polar surface area (TPSA) is 34.4 Å². The van der Waals surface area contributed by atoms with Crippen molar-refractivity contribution >= 4 is 22.6 Å². The number of carbonyl (C=O) groups is 1. The van der Waals surface area contributed by atoms with Gasteiger partial charge in [-0.05, 0) is 24.5 Å². The molecule has 3 aromatic rings. The zero-order chi connectivity index (χ0) is 16.8. The highest BCUT2D eigenvalue weighted by molar-refractivity contribution is 7.17. The summed E-state index contributed by atoms with van der Waals surface area (Å²) in [5.74, 6) is 0. The first kappa shape index (κ1) is 15.9. The normalized spacial score (nSPS) is 12.0. The average Bonchev–Trinajstić information content (AvgIpc) is 3.01. The van der Waals surface area contributed by atoms with Gasteiger partial charge in [-0.15, -0.1) is 11.3 Å². The van der Waals surface area contributed by atoms with Crippen LogP contribution in [0.4, 0.5) is 0 Å². The minimum absolute atomic E-state index is 0.154. The Morgan fingerprint density at radius 2 is 1.87 bits per heavy atom. The molecular formula is C19H22N2OS. The number of carbonyl (C=O) groups excluding carboxylic acids is 1. The average molecular weight is 326 g/mol. The van der Waals surface area contributed by atoms with Crippen molar-refractivity contribution in [2.75, 3.05) is 0 Å². The van der Waals surface area contributed by atoms with Crippen LogP contribution in [0.1, 0.15) is 54.3 Å². The summed E-state index contributed by atoms with van der Waals surface area (Å²) in [6.45, 7) is 10.5. The summed E-state index contributed by atoms with van der Waals surface area (Å²) in [6, 6.07) is 8.58. The van der Waals surface area contributed by atoms with Crippen LogP contribution in [0.2, 0.25) is 0 Å². The molecule has 3 nitrogen and oxygen atoms in total. The number of aromatic nitrogens is 2. The first-order valence-corrected chi connectivity index (χ1v) is 8.75. The molecule has 3 rings (SSSR count). The van der Waals surface area contributed by atoms with Crippen LogP contribution < -0.4 is 0 Å².